The lowest BCUT2D eigenvalue weighted by Gasteiger charge is -1.92. The van der Waals surface area contributed by atoms with Crippen molar-refractivity contribution in [2.24, 2.45) is 0 Å². The van der Waals surface area contributed by atoms with E-state index in [2.05, 4.69) is 20.2 Å². The minimum absolute atomic E-state index is 0.0972. The van der Waals surface area contributed by atoms with Gasteiger partial charge in [-0.05, 0) is 31.2 Å². The minimum atomic E-state index is 0.0972. The number of carbonyl (C=O) groups excluding carboxylic acids is 1. The number of aromatic amines is 2. The van der Waals surface area contributed by atoms with Crippen LogP contribution in [0.25, 0.3) is 23.0 Å². The van der Waals surface area contributed by atoms with Gasteiger partial charge >= 0.3 is 0 Å². The van der Waals surface area contributed by atoms with E-state index in [-0.39, 0.29) is 5.78 Å². The predicted octanol–water partition coefficient (Wildman–Crippen LogP) is 2.74. The highest BCUT2D eigenvalue weighted by molar-refractivity contribution is 7.99. The molecular formula is C13H12N4O2S. The third-order valence-electron chi connectivity index (χ3n) is 2.58. The number of hydrogen-bond donors (Lipinski definition) is 2. The molecule has 0 bridgehead atoms. The Bertz CT molecular complexity index is 714. The molecule has 3 rings (SSSR count). The fourth-order valence-electron chi connectivity index (χ4n) is 1.69. The van der Waals surface area contributed by atoms with Crippen LogP contribution in [0.2, 0.25) is 0 Å². The quantitative estimate of drug-likeness (QED) is 0.705. The third-order valence-corrected chi connectivity index (χ3v) is 3.59. The van der Waals surface area contributed by atoms with Crippen molar-refractivity contribution >= 4 is 17.5 Å². The van der Waals surface area contributed by atoms with E-state index >= 15 is 0 Å². The molecule has 0 amide bonds. The van der Waals surface area contributed by atoms with E-state index < -0.39 is 0 Å². The zero-order valence-electron chi connectivity index (χ0n) is 10.7. The Morgan fingerprint density at radius 1 is 1.30 bits per heavy atom. The maximum atomic E-state index is 10.9. The molecule has 3 aromatic rings. The highest BCUT2D eigenvalue weighted by Gasteiger charge is 2.12. The molecule has 6 nitrogen and oxygen atoms in total. The van der Waals surface area contributed by atoms with Gasteiger partial charge in [0.25, 0.3) is 0 Å². The zero-order chi connectivity index (χ0) is 13.9. The number of nitrogens with one attached hydrogen (secondary N) is 2. The van der Waals surface area contributed by atoms with E-state index in [0.717, 1.165) is 11.5 Å². The van der Waals surface area contributed by atoms with Crippen LogP contribution in [0, 0.1) is 0 Å². The van der Waals surface area contributed by atoms with E-state index in [1.165, 1.54) is 11.8 Å². The summed E-state index contributed by atoms with van der Waals surface area (Å²) >= 11 is 1.32. The third kappa shape index (κ3) is 2.67. The summed E-state index contributed by atoms with van der Waals surface area (Å²) in [6.45, 7) is 1.54. The van der Waals surface area contributed by atoms with E-state index in [9.17, 15) is 4.79 Å². The molecule has 0 spiro atoms. The van der Waals surface area contributed by atoms with Crippen molar-refractivity contribution in [3.05, 3.63) is 30.5 Å². The topological polar surface area (TPSA) is 87.6 Å². The molecule has 0 saturated carbocycles. The highest BCUT2D eigenvalue weighted by atomic mass is 32.2. The van der Waals surface area contributed by atoms with Crippen LogP contribution in [0.4, 0.5) is 0 Å². The lowest BCUT2D eigenvalue weighted by Crippen LogP contribution is -1.93. The summed E-state index contributed by atoms with van der Waals surface area (Å²) in [6.07, 6.45) is 1.84. The molecule has 0 aliphatic rings. The number of aromatic nitrogens is 4. The summed E-state index contributed by atoms with van der Waals surface area (Å²) in [5, 5.41) is 8.60. The number of nitrogens with zero attached hydrogens (tertiary/aromatic N) is 2. The van der Waals surface area contributed by atoms with Crippen LogP contribution in [-0.4, -0.2) is 31.7 Å². The van der Waals surface area contributed by atoms with Gasteiger partial charge in [-0.2, -0.15) is 0 Å². The molecule has 3 aromatic heterocycles. The number of H-pyrrole nitrogens is 2. The lowest BCUT2D eigenvalue weighted by molar-refractivity contribution is -0.114. The van der Waals surface area contributed by atoms with Gasteiger partial charge < -0.3 is 14.4 Å². The summed E-state index contributed by atoms with van der Waals surface area (Å²) in [4.78, 5) is 17.0. The first-order valence-electron chi connectivity index (χ1n) is 6.01. The van der Waals surface area contributed by atoms with Crippen LogP contribution >= 0.6 is 11.8 Å². The first-order chi connectivity index (χ1) is 9.72. The summed E-state index contributed by atoms with van der Waals surface area (Å²) in [7, 11) is 0. The lowest BCUT2D eigenvalue weighted by atomic mass is 10.3. The van der Waals surface area contributed by atoms with Crippen molar-refractivity contribution in [2.45, 2.75) is 12.1 Å². The number of Topliss-reactive ketones (excluding diaryl/α,β-unsaturated/α-hetero) is 1. The number of hydrogen-bond acceptors (Lipinski definition) is 5. The van der Waals surface area contributed by atoms with Gasteiger partial charge in [0, 0.05) is 6.20 Å². The fraction of sp³-hybridized carbons (Fsp3) is 0.154. The second-order valence-electron chi connectivity index (χ2n) is 4.22. The maximum Gasteiger partial charge on any atom is 0.197 e. The number of rotatable bonds is 5. The minimum Gasteiger partial charge on any atom is -0.451 e. The van der Waals surface area contributed by atoms with Crippen molar-refractivity contribution in [1.29, 1.82) is 0 Å². The Balaban J connectivity index is 1.78. The van der Waals surface area contributed by atoms with Gasteiger partial charge in [0.2, 0.25) is 0 Å². The Labute approximate surface area is 119 Å². The SMILES string of the molecule is CC(=O)CSc1nnc(-c2ccc(-c3ccc[nH]3)o2)[nH]1. The monoisotopic (exact) mass is 288 g/mol. The molecule has 20 heavy (non-hydrogen) atoms. The molecule has 0 radical (unpaired) electrons. The van der Waals surface area contributed by atoms with Gasteiger partial charge in [0.15, 0.2) is 22.5 Å². The zero-order valence-corrected chi connectivity index (χ0v) is 11.5. The number of furan rings is 1. The average Bonchev–Trinajstić information content (AvgIpc) is 3.15. The number of ketones is 1. The molecule has 102 valence electrons. The second-order valence-corrected chi connectivity index (χ2v) is 5.18. The molecule has 3 heterocycles. The fourth-order valence-corrected chi connectivity index (χ4v) is 2.29. The van der Waals surface area contributed by atoms with Crippen LogP contribution in [0.15, 0.2) is 40.0 Å². The van der Waals surface area contributed by atoms with Gasteiger partial charge in [0.1, 0.15) is 5.78 Å². The Morgan fingerprint density at radius 3 is 2.90 bits per heavy atom. The van der Waals surface area contributed by atoms with Crippen molar-refractivity contribution < 1.29 is 9.21 Å². The molecule has 0 aliphatic carbocycles. The molecule has 0 aromatic carbocycles. The Morgan fingerprint density at radius 2 is 2.15 bits per heavy atom. The van der Waals surface area contributed by atoms with Crippen LogP contribution in [0.5, 0.6) is 0 Å². The second kappa shape index (κ2) is 5.38. The smallest absolute Gasteiger partial charge is 0.197 e. The largest absolute Gasteiger partial charge is 0.451 e. The summed E-state index contributed by atoms with van der Waals surface area (Å²) in [5.74, 6) is 2.37. The molecule has 0 fully saturated rings. The van der Waals surface area contributed by atoms with Crippen molar-refractivity contribution in [3.8, 4) is 23.0 Å². The van der Waals surface area contributed by atoms with Gasteiger partial charge in [-0.25, -0.2) is 0 Å². The Hall–Kier alpha value is -2.28. The van der Waals surface area contributed by atoms with Crippen molar-refractivity contribution in [3.63, 3.8) is 0 Å². The molecule has 0 aliphatic heterocycles. The predicted molar refractivity (Wildman–Crippen MR) is 75.3 cm³/mol. The van der Waals surface area contributed by atoms with Gasteiger partial charge in [-0.15, -0.1) is 10.2 Å². The standard InChI is InChI=1S/C13H12N4O2S/c1-8(18)7-20-13-15-12(16-17-13)11-5-4-10(19-11)9-3-2-6-14-9/h2-6,14H,7H2,1H3,(H,15,16,17). The first-order valence-corrected chi connectivity index (χ1v) is 7.00. The molecule has 0 saturated heterocycles. The van der Waals surface area contributed by atoms with E-state index in [4.69, 9.17) is 4.42 Å². The first kappa shape index (κ1) is 12.7. The van der Waals surface area contributed by atoms with Crippen LogP contribution in [0.3, 0.4) is 0 Å². The van der Waals surface area contributed by atoms with Gasteiger partial charge in [-0.3, -0.25) is 4.79 Å². The molecule has 7 heteroatoms. The Kier molecular flexibility index (Phi) is 3.42. The molecule has 2 N–H and O–H groups in total. The molecular weight excluding hydrogens is 276 g/mol. The summed E-state index contributed by atoms with van der Waals surface area (Å²) in [6, 6.07) is 7.53. The highest BCUT2D eigenvalue weighted by Crippen LogP contribution is 2.26. The van der Waals surface area contributed by atoms with Gasteiger partial charge in [-0.1, -0.05) is 11.8 Å². The van der Waals surface area contributed by atoms with E-state index in [1.807, 2.05) is 30.5 Å². The average molecular weight is 288 g/mol. The van der Waals surface area contributed by atoms with Crippen molar-refractivity contribution in [1.82, 2.24) is 20.2 Å². The van der Waals surface area contributed by atoms with Gasteiger partial charge in [0.05, 0.1) is 11.4 Å². The van der Waals surface area contributed by atoms with Crippen LogP contribution in [0.1, 0.15) is 6.92 Å². The number of thioether (sulfide) groups is 1. The molecule has 0 unspecified atom stereocenters. The van der Waals surface area contributed by atoms with E-state index in [0.29, 0.717) is 22.5 Å². The normalized spacial score (nSPS) is 10.8. The summed E-state index contributed by atoms with van der Waals surface area (Å²) in [5.41, 5.74) is 0.905. The summed E-state index contributed by atoms with van der Waals surface area (Å²) < 4.78 is 5.71. The molecule has 0 atom stereocenters. The van der Waals surface area contributed by atoms with Crippen LogP contribution in [-0.2, 0) is 4.79 Å². The number of carbonyl (C=O) groups is 1. The maximum absolute atomic E-state index is 10.9. The van der Waals surface area contributed by atoms with E-state index in [1.54, 1.807) is 6.92 Å². The van der Waals surface area contributed by atoms with Crippen LogP contribution < -0.4 is 0 Å². The van der Waals surface area contributed by atoms with Crippen molar-refractivity contribution in [2.75, 3.05) is 5.75 Å².